The van der Waals surface area contributed by atoms with Crippen LogP contribution in [0.3, 0.4) is 0 Å². The van der Waals surface area contributed by atoms with Crippen LogP contribution >= 0.6 is 0 Å². The van der Waals surface area contributed by atoms with Gasteiger partial charge in [-0.2, -0.15) is 0 Å². The lowest BCUT2D eigenvalue weighted by molar-refractivity contribution is 0.0835. The molecule has 0 spiro atoms. The molecule has 1 heterocycles. The fourth-order valence-corrected chi connectivity index (χ4v) is 3.76. The van der Waals surface area contributed by atoms with Gasteiger partial charge in [0.25, 0.3) is 0 Å². The van der Waals surface area contributed by atoms with Crippen molar-refractivity contribution in [1.82, 2.24) is 4.90 Å². The van der Waals surface area contributed by atoms with Gasteiger partial charge in [-0.3, -0.25) is 4.90 Å². The Balaban J connectivity index is 1.94. The minimum absolute atomic E-state index is 0.0972. The van der Waals surface area contributed by atoms with Crippen LogP contribution < -0.4 is 5.73 Å². The summed E-state index contributed by atoms with van der Waals surface area (Å²) in [6.45, 7) is 5.04. The number of hydrogen-bond donors (Lipinski definition) is 2. The van der Waals surface area contributed by atoms with E-state index < -0.39 is 0 Å². The highest BCUT2D eigenvalue weighted by atomic mass is 16.3. The Hall–Kier alpha value is -0.120. The second-order valence-corrected chi connectivity index (χ2v) is 5.97. The van der Waals surface area contributed by atoms with Gasteiger partial charge in [-0.1, -0.05) is 26.2 Å². The zero-order valence-electron chi connectivity index (χ0n) is 11.1. The van der Waals surface area contributed by atoms with Gasteiger partial charge < -0.3 is 10.8 Å². The van der Waals surface area contributed by atoms with Gasteiger partial charge in [0.15, 0.2) is 0 Å². The molecule has 0 aromatic heterocycles. The van der Waals surface area contributed by atoms with Gasteiger partial charge in [-0.25, -0.2) is 0 Å². The molecule has 1 aliphatic carbocycles. The van der Waals surface area contributed by atoms with Crippen LogP contribution in [0.4, 0.5) is 0 Å². The zero-order chi connectivity index (χ0) is 12.3. The summed E-state index contributed by atoms with van der Waals surface area (Å²) in [6, 6.07) is 0.641. The lowest BCUT2D eigenvalue weighted by Crippen LogP contribution is -2.46. The van der Waals surface area contributed by atoms with Gasteiger partial charge in [-0.15, -0.1) is 0 Å². The molecule has 0 bridgehead atoms. The largest absolute Gasteiger partial charge is 0.392 e. The first-order valence-electron chi connectivity index (χ1n) is 7.36. The average molecular weight is 240 g/mol. The number of nitrogens with two attached hydrogens (primary N) is 1. The number of likely N-dealkylation sites (tertiary alicyclic amines) is 1. The van der Waals surface area contributed by atoms with Crippen LogP contribution in [0, 0.1) is 11.8 Å². The molecule has 1 aliphatic heterocycles. The van der Waals surface area contributed by atoms with E-state index in [4.69, 9.17) is 5.73 Å². The number of rotatable bonds is 4. The minimum atomic E-state index is -0.0972. The Morgan fingerprint density at radius 3 is 2.71 bits per heavy atom. The van der Waals surface area contributed by atoms with Crippen molar-refractivity contribution in [3.8, 4) is 0 Å². The molecule has 4 unspecified atom stereocenters. The molecule has 0 aromatic rings. The molecule has 3 N–H and O–H groups in total. The van der Waals surface area contributed by atoms with Crippen LogP contribution in [0.25, 0.3) is 0 Å². The summed E-state index contributed by atoms with van der Waals surface area (Å²) in [7, 11) is 0. The Labute approximate surface area is 105 Å². The minimum Gasteiger partial charge on any atom is -0.392 e. The first-order chi connectivity index (χ1) is 8.24. The van der Waals surface area contributed by atoms with Crippen LogP contribution in [0.1, 0.15) is 45.4 Å². The van der Waals surface area contributed by atoms with Crippen molar-refractivity contribution >= 4 is 0 Å². The van der Waals surface area contributed by atoms with E-state index in [-0.39, 0.29) is 6.10 Å². The van der Waals surface area contributed by atoms with E-state index in [0.717, 1.165) is 32.0 Å². The van der Waals surface area contributed by atoms with Crippen LogP contribution in [0.15, 0.2) is 0 Å². The van der Waals surface area contributed by atoms with Crippen molar-refractivity contribution in [3.05, 3.63) is 0 Å². The highest BCUT2D eigenvalue weighted by Gasteiger charge is 2.36. The molecule has 2 fully saturated rings. The van der Waals surface area contributed by atoms with Crippen LogP contribution in [0.2, 0.25) is 0 Å². The summed E-state index contributed by atoms with van der Waals surface area (Å²) >= 11 is 0. The number of hydrogen-bond acceptors (Lipinski definition) is 3. The normalized spacial score (nSPS) is 39.7. The Morgan fingerprint density at radius 2 is 2.12 bits per heavy atom. The van der Waals surface area contributed by atoms with E-state index in [0.29, 0.717) is 12.0 Å². The molecule has 0 aromatic carbocycles. The Morgan fingerprint density at radius 1 is 1.29 bits per heavy atom. The van der Waals surface area contributed by atoms with E-state index >= 15 is 0 Å². The van der Waals surface area contributed by atoms with E-state index in [9.17, 15) is 5.11 Å². The van der Waals surface area contributed by atoms with E-state index in [1.165, 1.54) is 32.1 Å². The SMILES string of the molecule is CCCC1CCC(CN)C(N2CCC(O)C2)C1. The molecule has 17 heavy (non-hydrogen) atoms. The first-order valence-corrected chi connectivity index (χ1v) is 7.36. The smallest absolute Gasteiger partial charge is 0.0679 e. The fourth-order valence-electron chi connectivity index (χ4n) is 3.76. The molecule has 100 valence electrons. The lowest BCUT2D eigenvalue weighted by Gasteiger charge is -2.41. The van der Waals surface area contributed by atoms with Gasteiger partial charge >= 0.3 is 0 Å². The predicted molar refractivity (Wildman–Crippen MR) is 70.8 cm³/mol. The van der Waals surface area contributed by atoms with E-state index in [1.807, 2.05) is 0 Å². The summed E-state index contributed by atoms with van der Waals surface area (Å²) in [5, 5.41) is 9.69. The third-order valence-electron chi connectivity index (χ3n) is 4.73. The van der Waals surface area contributed by atoms with Crippen molar-refractivity contribution in [3.63, 3.8) is 0 Å². The summed E-state index contributed by atoms with van der Waals surface area (Å²) < 4.78 is 0. The van der Waals surface area contributed by atoms with Crippen molar-refractivity contribution in [2.45, 2.75) is 57.6 Å². The predicted octanol–water partition coefficient (Wildman–Crippen LogP) is 1.60. The third kappa shape index (κ3) is 3.21. The molecule has 0 radical (unpaired) electrons. The number of β-amino-alcohol motifs (C(OH)–C–C–N with tert-alkyl or cyclic N) is 1. The summed E-state index contributed by atoms with van der Waals surface area (Å²) in [6.07, 6.45) is 7.48. The molecule has 1 saturated heterocycles. The topological polar surface area (TPSA) is 49.5 Å². The molecule has 0 amide bonds. The van der Waals surface area contributed by atoms with E-state index in [1.54, 1.807) is 0 Å². The third-order valence-corrected chi connectivity index (χ3v) is 4.73. The van der Waals surface area contributed by atoms with Gasteiger partial charge in [0, 0.05) is 19.1 Å². The zero-order valence-corrected chi connectivity index (χ0v) is 11.1. The van der Waals surface area contributed by atoms with Crippen molar-refractivity contribution in [2.75, 3.05) is 19.6 Å². The quantitative estimate of drug-likeness (QED) is 0.784. The van der Waals surface area contributed by atoms with Gasteiger partial charge in [0.05, 0.1) is 6.10 Å². The van der Waals surface area contributed by atoms with Crippen molar-refractivity contribution < 1.29 is 5.11 Å². The van der Waals surface area contributed by atoms with Gasteiger partial charge in [0.1, 0.15) is 0 Å². The maximum atomic E-state index is 9.69. The molecule has 3 nitrogen and oxygen atoms in total. The molecule has 2 rings (SSSR count). The van der Waals surface area contributed by atoms with Crippen LogP contribution in [-0.2, 0) is 0 Å². The Kier molecular flexibility index (Phi) is 4.83. The van der Waals surface area contributed by atoms with E-state index in [2.05, 4.69) is 11.8 Å². The van der Waals surface area contributed by atoms with Gasteiger partial charge in [0.2, 0.25) is 0 Å². The molecular formula is C14H28N2O. The van der Waals surface area contributed by atoms with Crippen molar-refractivity contribution in [2.24, 2.45) is 17.6 Å². The fraction of sp³-hybridized carbons (Fsp3) is 1.00. The second-order valence-electron chi connectivity index (χ2n) is 5.97. The molecule has 4 atom stereocenters. The Bertz CT molecular complexity index is 234. The number of aliphatic hydroxyl groups excluding tert-OH is 1. The number of aliphatic hydroxyl groups is 1. The van der Waals surface area contributed by atoms with Crippen molar-refractivity contribution in [1.29, 1.82) is 0 Å². The molecule has 1 saturated carbocycles. The lowest BCUT2D eigenvalue weighted by atomic mass is 9.76. The second kappa shape index (κ2) is 6.17. The summed E-state index contributed by atoms with van der Waals surface area (Å²) in [5.41, 5.74) is 5.93. The summed E-state index contributed by atoms with van der Waals surface area (Å²) in [5.74, 6) is 1.55. The summed E-state index contributed by atoms with van der Waals surface area (Å²) in [4.78, 5) is 2.50. The van der Waals surface area contributed by atoms with Crippen LogP contribution in [0.5, 0.6) is 0 Å². The van der Waals surface area contributed by atoms with Gasteiger partial charge in [-0.05, 0) is 37.6 Å². The molecule has 3 heteroatoms. The first kappa shape index (κ1) is 13.3. The maximum absolute atomic E-state index is 9.69. The standard InChI is InChI=1S/C14H28N2O/c1-2-3-11-4-5-12(9-15)14(8-11)16-7-6-13(17)10-16/h11-14,17H,2-10,15H2,1H3. The average Bonchev–Trinajstić information content (AvgIpc) is 2.76. The molecule has 2 aliphatic rings. The monoisotopic (exact) mass is 240 g/mol. The molecular weight excluding hydrogens is 212 g/mol. The van der Waals surface area contributed by atoms with Crippen LogP contribution in [-0.4, -0.2) is 41.8 Å². The number of nitrogens with zero attached hydrogens (tertiary/aromatic N) is 1. The highest BCUT2D eigenvalue weighted by Crippen LogP contribution is 2.35. The highest BCUT2D eigenvalue weighted by molar-refractivity contribution is 4.90. The maximum Gasteiger partial charge on any atom is 0.0679 e.